The van der Waals surface area contributed by atoms with Crippen molar-refractivity contribution in [2.75, 3.05) is 0 Å². The van der Waals surface area contributed by atoms with Gasteiger partial charge in [0.2, 0.25) is 0 Å². The van der Waals surface area contributed by atoms with Gasteiger partial charge in [0, 0.05) is 11.6 Å². The number of nitrogens with zero attached hydrogens (tertiary/aromatic N) is 2. The fourth-order valence-corrected chi connectivity index (χ4v) is 2.23. The zero-order chi connectivity index (χ0) is 13.9. The standard InChI is InChI=1S/C15H10Cl2N2O/c16-11-6-7-15(17)19-13(11)9-20-14-5-1-4-12-10(14)3-2-8-18-12/h1-8H,9H2. The molecule has 0 unspecified atom stereocenters. The van der Waals surface area contributed by atoms with E-state index >= 15 is 0 Å². The first-order valence-corrected chi connectivity index (χ1v) is 6.77. The number of hydrogen-bond acceptors (Lipinski definition) is 3. The SMILES string of the molecule is Clc1ccc(Cl)c(COc2cccc3ncccc23)n1. The molecule has 0 radical (unpaired) electrons. The van der Waals surface area contributed by atoms with Gasteiger partial charge in [0.25, 0.3) is 0 Å². The molecule has 3 aromatic rings. The first kappa shape index (κ1) is 13.2. The lowest BCUT2D eigenvalue weighted by Crippen LogP contribution is -2.00. The van der Waals surface area contributed by atoms with E-state index in [1.54, 1.807) is 18.3 Å². The summed E-state index contributed by atoms with van der Waals surface area (Å²) < 4.78 is 5.80. The van der Waals surface area contributed by atoms with E-state index < -0.39 is 0 Å². The Bertz CT molecular complexity index is 756. The number of benzene rings is 1. The van der Waals surface area contributed by atoms with Crippen LogP contribution in [0.3, 0.4) is 0 Å². The molecule has 0 N–H and O–H groups in total. The highest BCUT2D eigenvalue weighted by atomic mass is 35.5. The Balaban J connectivity index is 1.89. The summed E-state index contributed by atoms with van der Waals surface area (Å²) in [6.07, 6.45) is 1.75. The van der Waals surface area contributed by atoms with Crippen LogP contribution < -0.4 is 4.74 Å². The van der Waals surface area contributed by atoms with Gasteiger partial charge in [-0.15, -0.1) is 0 Å². The van der Waals surface area contributed by atoms with Crippen LogP contribution in [0.15, 0.2) is 48.7 Å². The van der Waals surface area contributed by atoms with Crippen molar-refractivity contribution in [3.63, 3.8) is 0 Å². The Morgan fingerprint density at radius 2 is 1.90 bits per heavy atom. The predicted molar refractivity (Wildman–Crippen MR) is 80.3 cm³/mol. The van der Waals surface area contributed by atoms with Crippen LogP contribution in [0.2, 0.25) is 10.2 Å². The number of rotatable bonds is 3. The molecule has 5 heteroatoms. The van der Waals surface area contributed by atoms with E-state index in [0.717, 1.165) is 16.7 Å². The van der Waals surface area contributed by atoms with Gasteiger partial charge in [0.1, 0.15) is 17.5 Å². The fourth-order valence-electron chi connectivity index (χ4n) is 1.91. The van der Waals surface area contributed by atoms with Crippen LogP contribution in [0.1, 0.15) is 5.69 Å². The molecule has 0 amide bonds. The van der Waals surface area contributed by atoms with Gasteiger partial charge in [-0.25, -0.2) is 4.98 Å². The molecule has 2 heterocycles. The Labute approximate surface area is 126 Å². The molecule has 0 atom stereocenters. The highest BCUT2D eigenvalue weighted by molar-refractivity contribution is 6.32. The Morgan fingerprint density at radius 3 is 2.80 bits per heavy atom. The van der Waals surface area contributed by atoms with Crippen LogP contribution in [0.4, 0.5) is 0 Å². The maximum Gasteiger partial charge on any atom is 0.132 e. The summed E-state index contributed by atoms with van der Waals surface area (Å²) in [5.41, 5.74) is 1.50. The van der Waals surface area contributed by atoms with Crippen molar-refractivity contribution in [3.8, 4) is 5.75 Å². The van der Waals surface area contributed by atoms with E-state index in [-0.39, 0.29) is 6.61 Å². The van der Waals surface area contributed by atoms with E-state index in [2.05, 4.69) is 9.97 Å². The van der Waals surface area contributed by atoms with Crippen LogP contribution in [0.5, 0.6) is 5.75 Å². The van der Waals surface area contributed by atoms with Gasteiger partial charge >= 0.3 is 0 Å². The van der Waals surface area contributed by atoms with Gasteiger partial charge in [-0.05, 0) is 36.4 Å². The number of fused-ring (bicyclic) bond motifs is 1. The van der Waals surface area contributed by atoms with Crippen molar-refractivity contribution in [1.29, 1.82) is 0 Å². The molecule has 0 fully saturated rings. The van der Waals surface area contributed by atoms with Crippen LogP contribution in [0, 0.1) is 0 Å². The van der Waals surface area contributed by atoms with Crippen LogP contribution in [0.25, 0.3) is 10.9 Å². The van der Waals surface area contributed by atoms with E-state index in [9.17, 15) is 0 Å². The lowest BCUT2D eigenvalue weighted by Gasteiger charge is -2.09. The van der Waals surface area contributed by atoms with Crippen molar-refractivity contribution in [3.05, 3.63) is 64.5 Å². The second kappa shape index (κ2) is 5.65. The number of aromatic nitrogens is 2. The number of hydrogen-bond donors (Lipinski definition) is 0. The molecule has 0 saturated carbocycles. The minimum Gasteiger partial charge on any atom is -0.487 e. The third kappa shape index (κ3) is 2.69. The van der Waals surface area contributed by atoms with Crippen molar-refractivity contribution < 1.29 is 4.74 Å². The summed E-state index contributed by atoms with van der Waals surface area (Å²) >= 11 is 11.9. The molecule has 0 spiro atoms. The molecule has 0 aliphatic rings. The molecule has 0 bridgehead atoms. The van der Waals surface area contributed by atoms with Crippen molar-refractivity contribution in [1.82, 2.24) is 9.97 Å². The summed E-state index contributed by atoms with van der Waals surface area (Å²) in [7, 11) is 0. The normalized spacial score (nSPS) is 10.7. The number of halogens is 2. The Morgan fingerprint density at radius 1 is 1.00 bits per heavy atom. The molecular weight excluding hydrogens is 295 g/mol. The first-order valence-electron chi connectivity index (χ1n) is 6.01. The van der Waals surface area contributed by atoms with Gasteiger partial charge in [-0.3, -0.25) is 4.98 Å². The topological polar surface area (TPSA) is 35.0 Å². The highest BCUT2D eigenvalue weighted by Gasteiger charge is 2.06. The Kier molecular flexibility index (Phi) is 3.72. The maximum atomic E-state index is 6.07. The third-order valence-corrected chi connectivity index (χ3v) is 3.41. The van der Waals surface area contributed by atoms with Gasteiger partial charge in [0.05, 0.1) is 16.2 Å². The number of pyridine rings is 2. The zero-order valence-corrected chi connectivity index (χ0v) is 11.9. The van der Waals surface area contributed by atoms with Crippen LogP contribution in [-0.2, 0) is 6.61 Å². The molecule has 2 aromatic heterocycles. The van der Waals surface area contributed by atoms with Crippen LogP contribution in [-0.4, -0.2) is 9.97 Å². The van der Waals surface area contributed by atoms with E-state index in [0.29, 0.717) is 15.9 Å². The predicted octanol–water partition coefficient (Wildman–Crippen LogP) is 4.52. The zero-order valence-electron chi connectivity index (χ0n) is 10.4. The second-order valence-corrected chi connectivity index (χ2v) is 4.97. The number of ether oxygens (including phenoxy) is 1. The van der Waals surface area contributed by atoms with Crippen molar-refractivity contribution in [2.24, 2.45) is 0 Å². The quantitative estimate of drug-likeness (QED) is 0.668. The van der Waals surface area contributed by atoms with Gasteiger partial charge < -0.3 is 4.74 Å². The summed E-state index contributed by atoms with van der Waals surface area (Å²) in [6, 6.07) is 12.9. The molecule has 0 aliphatic heterocycles. The van der Waals surface area contributed by atoms with Gasteiger partial charge in [-0.2, -0.15) is 0 Å². The monoisotopic (exact) mass is 304 g/mol. The lowest BCUT2D eigenvalue weighted by atomic mass is 10.2. The summed E-state index contributed by atoms with van der Waals surface area (Å²) in [5.74, 6) is 0.744. The average Bonchev–Trinajstić information content (AvgIpc) is 2.48. The molecule has 0 aliphatic carbocycles. The van der Waals surface area contributed by atoms with Crippen molar-refractivity contribution in [2.45, 2.75) is 6.61 Å². The molecule has 100 valence electrons. The van der Waals surface area contributed by atoms with Gasteiger partial charge in [0.15, 0.2) is 0 Å². The smallest absolute Gasteiger partial charge is 0.132 e. The summed E-state index contributed by atoms with van der Waals surface area (Å²) in [6.45, 7) is 0.257. The lowest BCUT2D eigenvalue weighted by molar-refractivity contribution is 0.305. The minimum absolute atomic E-state index is 0.257. The highest BCUT2D eigenvalue weighted by Crippen LogP contribution is 2.25. The molecule has 20 heavy (non-hydrogen) atoms. The molecule has 0 saturated heterocycles. The summed E-state index contributed by atoms with van der Waals surface area (Å²) in [4.78, 5) is 8.45. The van der Waals surface area contributed by atoms with E-state index in [4.69, 9.17) is 27.9 Å². The average molecular weight is 305 g/mol. The molecule has 3 rings (SSSR count). The second-order valence-electron chi connectivity index (χ2n) is 4.18. The van der Waals surface area contributed by atoms with Crippen LogP contribution >= 0.6 is 23.2 Å². The molecule has 3 nitrogen and oxygen atoms in total. The van der Waals surface area contributed by atoms with E-state index in [1.807, 2.05) is 30.3 Å². The largest absolute Gasteiger partial charge is 0.487 e. The third-order valence-electron chi connectivity index (χ3n) is 2.85. The molecule has 1 aromatic carbocycles. The maximum absolute atomic E-state index is 6.07. The fraction of sp³-hybridized carbons (Fsp3) is 0.0667. The van der Waals surface area contributed by atoms with Gasteiger partial charge in [-0.1, -0.05) is 29.3 Å². The first-order chi connectivity index (χ1) is 9.74. The molecular formula is C15H10Cl2N2O. The Hall–Kier alpha value is -1.84. The van der Waals surface area contributed by atoms with Crippen molar-refractivity contribution >= 4 is 34.1 Å². The van der Waals surface area contributed by atoms with E-state index in [1.165, 1.54) is 0 Å². The minimum atomic E-state index is 0.257. The summed E-state index contributed by atoms with van der Waals surface area (Å²) in [5, 5.41) is 1.88.